The third-order valence-electron chi connectivity index (χ3n) is 5.09. The molecule has 2 heterocycles. The zero-order valence-corrected chi connectivity index (χ0v) is 14.7. The third-order valence-corrected chi connectivity index (χ3v) is 5.09. The van der Waals surface area contributed by atoms with E-state index in [4.69, 9.17) is 14.9 Å². The van der Waals surface area contributed by atoms with Crippen LogP contribution in [0.1, 0.15) is 18.4 Å². The van der Waals surface area contributed by atoms with E-state index in [2.05, 4.69) is 0 Å². The molecule has 3 rings (SSSR count). The first-order valence-electron chi connectivity index (χ1n) is 8.41. The van der Waals surface area contributed by atoms with Crippen molar-refractivity contribution in [2.24, 2.45) is 17.1 Å². The lowest BCUT2D eigenvalue weighted by Gasteiger charge is -2.44. The Morgan fingerprint density at radius 1 is 1.44 bits per heavy atom. The highest BCUT2D eigenvalue weighted by Gasteiger charge is 2.55. The van der Waals surface area contributed by atoms with Gasteiger partial charge in [0.25, 0.3) is 0 Å². The molecule has 2 atom stereocenters. The van der Waals surface area contributed by atoms with E-state index in [0.29, 0.717) is 11.1 Å². The first-order chi connectivity index (χ1) is 13.0. The summed E-state index contributed by atoms with van der Waals surface area (Å²) in [6.07, 6.45) is 4.16. The van der Waals surface area contributed by atoms with Gasteiger partial charge in [-0.1, -0.05) is 6.08 Å². The fourth-order valence-electron chi connectivity index (χ4n) is 3.87. The van der Waals surface area contributed by atoms with E-state index in [1.807, 2.05) is 18.2 Å². The summed E-state index contributed by atoms with van der Waals surface area (Å²) in [5.41, 5.74) is 5.75. The fourth-order valence-corrected chi connectivity index (χ4v) is 3.87. The van der Waals surface area contributed by atoms with E-state index < -0.39 is 23.3 Å². The Morgan fingerprint density at radius 2 is 2.19 bits per heavy atom. The summed E-state index contributed by atoms with van der Waals surface area (Å²) >= 11 is 0. The summed E-state index contributed by atoms with van der Waals surface area (Å²) in [7, 11) is 0. The lowest BCUT2D eigenvalue weighted by Crippen LogP contribution is -2.49. The number of hydrogen-bond donors (Lipinski definition) is 1. The molecular formula is C19H17N5O3. The van der Waals surface area contributed by atoms with Crippen LogP contribution < -0.4 is 5.73 Å². The number of furan rings is 1. The number of rotatable bonds is 2. The fraction of sp³-hybridized carbons (Fsp3) is 0.368. The largest absolute Gasteiger partial charge is 0.472 e. The smallest absolute Gasteiger partial charge is 0.410 e. The van der Waals surface area contributed by atoms with Crippen LogP contribution in [0.25, 0.3) is 0 Å². The number of ether oxygens (including phenoxy) is 1. The molecule has 1 aromatic heterocycles. The van der Waals surface area contributed by atoms with E-state index in [9.17, 15) is 20.6 Å². The molecule has 0 fully saturated rings. The monoisotopic (exact) mass is 363 g/mol. The van der Waals surface area contributed by atoms with Crippen molar-refractivity contribution in [1.29, 1.82) is 15.8 Å². The molecule has 2 aliphatic rings. The quantitative estimate of drug-likeness (QED) is 0.848. The van der Waals surface area contributed by atoms with Crippen molar-refractivity contribution in [3.05, 3.63) is 47.1 Å². The minimum absolute atomic E-state index is 0.0618. The summed E-state index contributed by atoms with van der Waals surface area (Å²) < 4.78 is 10.2. The predicted molar refractivity (Wildman–Crippen MR) is 92.1 cm³/mol. The van der Waals surface area contributed by atoms with Crippen LogP contribution >= 0.6 is 0 Å². The van der Waals surface area contributed by atoms with Crippen molar-refractivity contribution in [3.8, 4) is 18.2 Å². The van der Waals surface area contributed by atoms with Gasteiger partial charge in [-0.2, -0.15) is 15.8 Å². The molecule has 1 aliphatic carbocycles. The summed E-state index contributed by atoms with van der Waals surface area (Å²) in [4.78, 5) is 13.7. The lowest BCUT2D eigenvalue weighted by molar-refractivity contribution is 0.0999. The number of amides is 1. The number of fused-ring (bicyclic) bond motifs is 1. The SMILES string of the molecule is CCOC(=O)N1CC=C2C(C#N)=C(N)C(C#N)(C#N)[C@H](c3ccoc3)[C@H]2C1. The molecule has 0 aromatic carbocycles. The lowest BCUT2D eigenvalue weighted by atomic mass is 9.58. The molecule has 1 aliphatic heterocycles. The molecule has 1 amide bonds. The van der Waals surface area contributed by atoms with E-state index in [-0.39, 0.29) is 31.0 Å². The molecule has 1 aromatic rings. The number of carbonyl (C=O) groups is 1. The number of hydrogen-bond acceptors (Lipinski definition) is 7. The predicted octanol–water partition coefficient (Wildman–Crippen LogP) is 2.16. The first kappa shape index (κ1) is 18.1. The molecular weight excluding hydrogens is 346 g/mol. The van der Waals surface area contributed by atoms with Gasteiger partial charge in [0, 0.05) is 24.9 Å². The van der Waals surface area contributed by atoms with Crippen LogP contribution in [0.2, 0.25) is 0 Å². The van der Waals surface area contributed by atoms with Crippen molar-refractivity contribution < 1.29 is 13.9 Å². The average Bonchev–Trinajstić information content (AvgIpc) is 3.21. The number of nitrogens with two attached hydrogens (primary N) is 1. The maximum absolute atomic E-state index is 12.2. The van der Waals surface area contributed by atoms with E-state index >= 15 is 0 Å². The minimum Gasteiger partial charge on any atom is -0.472 e. The number of nitrogens with zero attached hydrogens (tertiary/aromatic N) is 4. The molecule has 8 heteroatoms. The van der Waals surface area contributed by atoms with Crippen LogP contribution in [0.15, 0.2) is 45.9 Å². The Labute approximate surface area is 156 Å². The van der Waals surface area contributed by atoms with Gasteiger partial charge in [-0.3, -0.25) is 0 Å². The zero-order chi connectivity index (χ0) is 19.6. The van der Waals surface area contributed by atoms with Crippen molar-refractivity contribution in [1.82, 2.24) is 4.90 Å². The maximum atomic E-state index is 12.2. The van der Waals surface area contributed by atoms with Crippen molar-refractivity contribution in [3.63, 3.8) is 0 Å². The van der Waals surface area contributed by atoms with Crippen LogP contribution in [-0.2, 0) is 4.74 Å². The molecule has 8 nitrogen and oxygen atoms in total. The second kappa shape index (κ2) is 6.90. The molecule has 0 bridgehead atoms. The van der Waals surface area contributed by atoms with Gasteiger partial charge in [0.2, 0.25) is 0 Å². The van der Waals surface area contributed by atoms with Gasteiger partial charge >= 0.3 is 6.09 Å². The average molecular weight is 363 g/mol. The third kappa shape index (κ3) is 2.61. The first-order valence-corrected chi connectivity index (χ1v) is 8.41. The Kier molecular flexibility index (Phi) is 4.62. The highest BCUT2D eigenvalue weighted by Crippen LogP contribution is 2.54. The Morgan fingerprint density at radius 3 is 2.74 bits per heavy atom. The van der Waals surface area contributed by atoms with Crippen molar-refractivity contribution >= 4 is 6.09 Å². The summed E-state index contributed by atoms with van der Waals surface area (Å²) in [5, 5.41) is 29.4. The summed E-state index contributed by atoms with van der Waals surface area (Å²) in [5.74, 6) is -1.16. The van der Waals surface area contributed by atoms with Gasteiger partial charge in [-0.15, -0.1) is 0 Å². The standard InChI is InChI=1S/C19H17N5O3/c1-2-27-18(25)24-5-3-13-14(7-20)17(23)19(10-21,11-22)16(15(13)8-24)12-4-6-26-9-12/h3-4,6,9,15-16H,2,5,8,23H2,1H3/t15-,16+/m0/s1. The molecule has 0 unspecified atom stereocenters. The number of allylic oxidation sites excluding steroid dienone is 2. The Balaban J connectivity index is 2.20. The van der Waals surface area contributed by atoms with Gasteiger partial charge in [-0.25, -0.2) is 4.79 Å². The summed E-state index contributed by atoms with van der Waals surface area (Å²) in [6.45, 7) is 2.40. The van der Waals surface area contributed by atoms with Crippen LogP contribution in [0.4, 0.5) is 4.79 Å². The van der Waals surface area contributed by atoms with Crippen LogP contribution in [-0.4, -0.2) is 30.7 Å². The zero-order valence-electron chi connectivity index (χ0n) is 14.7. The minimum atomic E-state index is -1.74. The van der Waals surface area contributed by atoms with Gasteiger partial charge in [0.05, 0.1) is 42.5 Å². The van der Waals surface area contributed by atoms with Crippen molar-refractivity contribution in [2.45, 2.75) is 12.8 Å². The molecule has 2 N–H and O–H groups in total. The topological polar surface area (TPSA) is 140 Å². The van der Waals surface area contributed by atoms with E-state index in [1.165, 1.54) is 17.4 Å². The summed E-state index contributed by atoms with van der Waals surface area (Å²) in [6, 6.07) is 7.75. The van der Waals surface area contributed by atoms with E-state index in [1.54, 1.807) is 19.1 Å². The highest BCUT2D eigenvalue weighted by molar-refractivity contribution is 5.69. The molecule has 0 spiro atoms. The second-order valence-corrected chi connectivity index (χ2v) is 6.34. The Bertz CT molecular complexity index is 925. The van der Waals surface area contributed by atoms with Crippen molar-refractivity contribution in [2.75, 3.05) is 19.7 Å². The molecule has 0 saturated carbocycles. The molecule has 0 radical (unpaired) electrons. The van der Waals surface area contributed by atoms with Gasteiger partial charge in [0.15, 0.2) is 5.41 Å². The molecule has 136 valence electrons. The number of nitriles is 3. The van der Waals surface area contributed by atoms with Gasteiger partial charge < -0.3 is 19.8 Å². The normalized spacial score (nSPS) is 23.3. The maximum Gasteiger partial charge on any atom is 0.410 e. The van der Waals surface area contributed by atoms with Crippen LogP contribution in [0.3, 0.4) is 0 Å². The van der Waals surface area contributed by atoms with Crippen LogP contribution in [0.5, 0.6) is 0 Å². The molecule has 0 saturated heterocycles. The molecule has 27 heavy (non-hydrogen) atoms. The van der Waals surface area contributed by atoms with Crippen LogP contribution in [0, 0.1) is 45.3 Å². The Hall–Kier alpha value is -3.70. The highest BCUT2D eigenvalue weighted by atomic mass is 16.6. The number of carbonyl (C=O) groups excluding carboxylic acids is 1. The van der Waals surface area contributed by atoms with Gasteiger partial charge in [0.1, 0.15) is 6.07 Å². The second-order valence-electron chi connectivity index (χ2n) is 6.34. The van der Waals surface area contributed by atoms with E-state index in [0.717, 1.165) is 0 Å². The van der Waals surface area contributed by atoms with Gasteiger partial charge in [-0.05, 0) is 24.1 Å².